The Bertz CT molecular complexity index is 393. The van der Waals surface area contributed by atoms with Gasteiger partial charge in [-0.2, -0.15) is 0 Å². The van der Waals surface area contributed by atoms with Gasteiger partial charge in [-0.1, -0.05) is 6.08 Å². The molecular formula is C11H12FNO3. The van der Waals surface area contributed by atoms with E-state index in [1.165, 1.54) is 0 Å². The van der Waals surface area contributed by atoms with E-state index in [4.69, 9.17) is 4.74 Å². The minimum absolute atomic E-state index is 0.0333. The number of halogens is 1. The quantitative estimate of drug-likeness (QED) is 0.323. The first-order valence-corrected chi connectivity index (χ1v) is 4.83. The van der Waals surface area contributed by atoms with Crippen molar-refractivity contribution in [3.05, 3.63) is 46.8 Å². The number of benzene rings is 1. The molecule has 0 spiro atoms. The summed E-state index contributed by atoms with van der Waals surface area (Å²) in [5.74, 6) is -0.585. The van der Waals surface area contributed by atoms with Crippen molar-refractivity contribution in [3.8, 4) is 5.75 Å². The molecule has 0 saturated carbocycles. The van der Waals surface area contributed by atoms with Gasteiger partial charge in [-0.15, -0.1) is 6.58 Å². The van der Waals surface area contributed by atoms with Crippen molar-refractivity contribution in [2.75, 3.05) is 6.61 Å². The van der Waals surface area contributed by atoms with Crippen LogP contribution in [0.15, 0.2) is 30.9 Å². The van der Waals surface area contributed by atoms with Gasteiger partial charge < -0.3 is 4.74 Å². The molecule has 0 N–H and O–H groups in total. The van der Waals surface area contributed by atoms with Crippen LogP contribution in [0.1, 0.15) is 12.8 Å². The second-order valence-electron chi connectivity index (χ2n) is 3.15. The van der Waals surface area contributed by atoms with Crippen LogP contribution in [0.4, 0.5) is 10.1 Å². The fourth-order valence-corrected chi connectivity index (χ4v) is 1.16. The number of rotatable bonds is 6. The number of hydrogen-bond donors (Lipinski definition) is 0. The Labute approximate surface area is 92.5 Å². The molecule has 0 fully saturated rings. The maximum Gasteiger partial charge on any atom is 0.311 e. The maximum absolute atomic E-state index is 12.9. The Kier molecular flexibility index (Phi) is 4.44. The van der Waals surface area contributed by atoms with E-state index in [0.29, 0.717) is 13.0 Å². The monoisotopic (exact) mass is 225 g/mol. The van der Waals surface area contributed by atoms with E-state index in [2.05, 4.69) is 6.58 Å². The summed E-state index contributed by atoms with van der Waals surface area (Å²) in [7, 11) is 0. The fraction of sp³-hybridized carbons (Fsp3) is 0.273. The van der Waals surface area contributed by atoms with Crippen molar-refractivity contribution in [2.45, 2.75) is 12.8 Å². The Morgan fingerprint density at radius 3 is 2.94 bits per heavy atom. The summed E-state index contributed by atoms with van der Waals surface area (Å²) in [6, 6.07) is 3.15. The topological polar surface area (TPSA) is 52.4 Å². The Hall–Kier alpha value is -1.91. The molecule has 0 unspecified atom stereocenters. The van der Waals surface area contributed by atoms with Gasteiger partial charge in [0.05, 0.1) is 11.5 Å². The highest BCUT2D eigenvalue weighted by Crippen LogP contribution is 2.27. The number of nitro benzene ring substituents is 1. The smallest absolute Gasteiger partial charge is 0.311 e. The lowest BCUT2D eigenvalue weighted by molar-refractivity contribution is -0.385. The van der Waals surface area contributed by atoms with Crippen LogP contribution in [0.5, 0.6) is 5.75 Å². The highest BCUT2D eigenvalue weighted by atomic mass is 19.1. The summed E-state index contributed by atoms with van der Waals surface area (Å²) in [6.45, 7) is 3.84. The zero-order valence-corrected chi connectivity index (χ0v) is 8.69. The molecule has 0 radical (unpaired) electrons. The number of ether oxygens (including phenoxy) is 1. The average molecular weight is 225 g/mol. The summed E-state index contributed by atoms with van der Waals surface area (Å²) in [5.41, 5.74) is -0.222. The first kappa shape index (κ1) is 12.2. The van der Waals surface area contributed by atoms with Crippen LogP contribution in [-0.2, 0) is 0 Å². The van der Waals surface area contributed by atoms with Crippen LogP contribution in [0.25, 0.3) is 0 Å². The van der Waals surface area contributed by atoms with Crippen LogP contribution >= 0.6 is 0 Å². The van der Waals surface area contributed by atoms with Gasteiger partial charge in [-0.05, 0) is 18.9 Å². The van der Waals surface area contributed by atoms with Gasteiger partial charge in [0.1, 0.15) is 5.82 Å². The lowest BCUT2D eigenvalue weighted by atomic mass is 10.3. The molecule has 0 bridgehead atoms. The van der Waals surface area contributed by atoms with Gasteiger partial charge >= 0.3 is 5.69 Å². The second-order valence-corrected chi connectivity index (χ2v) is 3.15. The van der Waals surface area contributed by atoms with E-state index >= 15 is 0 Å². The predicted molar refractivity (Wildman–Crippen MR) is 58.0 cm³/mol. The van der Waals surface area contributed by atoms with Crippen molar-refractivity contribution in [1.29, 1.82) is 0 Å². The largest absolute Gasteiger partial charge is 0.487 e. The zero-order chi connectivity index (χ0) is 12.0. The molecule has 0 aliphatic heterocycles. The van der Waals surface area contributed by atoms with Crippen LogP contribution in [-0.4, -0.2) is 11.5 Å². The number of allylic oxidation sites excluding steroid dienone is 1. The zero-order valence-electron chi connectivity index (χ0n) is 8.69. The molecule has 16 heavy (non-hydrogen) atoms. The second kappa shape index (κ2) is 5.85. The molecule has 0 heterocycles. The summed E-state index contributed by atoms with van der Waals surface area (Å²) >= 11 is 0. The molecule has 4 nitrogen and oxygen atoms in total. The van der Waals surface area contributed by atoms with Crippen molar-refractivity contribution in [1.82, 2.24) is 0 Å². The number of nitrogens with zero attached hydrogens (tertiary/aromatic N) is 1. The number of hydrogen-bond acceptors (Lipinski definition) is 3. The Morgan fingerprint density at radius 2 is 2.31 bits per heavy atom. The first-order chi connectivity index (χ1) is 7.65. The van der Waals surface area contributed by atoms with E-state index in [9.17, 15) is 14.5 Å². The third-order valence-electron chi connectivity index (χ3n) is 1.93. The fourth-order valence-electron chi connectivity index (χ4n) is 1.16. The standard InChI is InChI=1S/C11H12FNO3/c1-2-3-4-7-16-11-8-9(12)5-6-10(11)13(14)15/h2,5-6,8H,1,3-4,7H2. The first-order valence-electron chi connectivity index (χ1n) is 4.83. The van der Waals surface area contributed by atoms with E-state index in [1.54, 1.807) is 6.08 Å². The summed E-state index contributed by atoms with van der Waals surface area (Å²) in [5, 5.41) is 10.6. The third kappa shape index (κ3) is 3.34. The van der Waals surface area contributed by atoms with Gasteiger partial charge in [0.15, 0.2) is 5.75 Å². The van der Waals surface area contributed by atoms with Crippen LogP contribution < -0.4 is 4.74 Å². The molecule has 0 amide bonds. The van der Waals surface area contributed by atoms with Gasteiger partial charge in [-0.3, -0.25) is 10.1 Å². The van der Waals surface area contributed by atoms with Gasteiger partial charge in [0.2, 0.25) is 0 Å². The molecule has 0 saturated heterocycles. The Balaban J connectivity index is 2.72. The van der Waals surface area contributed by atoms with Crippen molar-refractivity contribution in [2.24, 2.45) is 0 Å². The molecule has 1 rings (SSSR count). The molecule has 5 heteroatoms. The normalized spacial score (nSPS) is 9.81. The van der Waals surface area contributed by atoms with E-state index in [0.717, 1.165) is 24.6 Å². The molecule has 1 aromatic carbocycles. The van der Waals surface area contributed by atoms with E-state index < -0.39 is 10.7 Å². The van der Waals surface area contributed by atoms with Gasteiger partial charge in [0.25, 0.3) is 0 Å². The predicted octanol–water partition coefficient (Wildman–Crippen LogP) is 3.08. The molecule has 0 aliphatic carbocycles. The Morgan fingerprint density at radius 1 is 1.56 bits per heavy atom. The molecular weight excluding hydrogens is 213 g/mol. The van der Waals surface area contributed by atoms with Crippen LogP contribution in [0.2, 0.25) is 0 Å². The summed E-state index contributed by atoms with van der Waals surface area (Å²) < 4.78 is 18.0. The van der Waals surface area contributed by atoms with E-state index in [-0.39, 0.29) is 11.4 Å². The minimum Gasteiger partial charge on any atom is -0.487 e. The lowest BCUT2D eigenvalue weighted by Gasteiger charge is -2.05. The van der Waals surface area contributed by atoms with Crippen molar-refractivity contribution < 1.29 is 14.1 Å². The molecule has 0 aromatic heterocycles. The summed E-state index contributed by atoms with van der Waals surface area (Å²) in [6.07, 6.45) is 3.17. The molecule has 0 atom stereocenters. The van der Waals surface area contributed by atoms with Gasteiger partial charge in [0, 0.05) is 12.1 Å². The number of nitro groups is 1. The lowest BCUT2D eigenvalue weighted by Crippen LogP contribution is -2.00. The SMILES string of the molecule is C=CCCCOc1cc(F)ccc1[N+](=O)[O-]. The molecule has 1 aromatic rings. The highest BCUT2D eigenvalue weighted by Gasteiger charge is 2.15. The third-order valence-corrected chi connectivity index (χ3v) is 1.93. The average Bonchev–Trinajstić information content (AvgIpc) is 2.24. The number of unbranched alkanes of at least 4 members (excludes halogenated alkanes) is 1. The van der Waals surface area contributed by atoms with Crippen molar-refractivity contribution >= 4 is 5.69 Å². The molecule has 0 aliphatic rings. The van der Waals surface area contributed by atoms with Gasteiger partial charge in [-0.25, -0.2) is 4.39 Å². The minimum atomic E-state index is -0.595. The van der Waals surface area contributed by atoms with Crippen LogP contribution in [0, 0.1) is 15.9 Å². The molecule has 86 valence electrons. The van der Waals surface area contributed by atoms with E-state index in [1.807, 2.05) is 0 Å². The van der Waals surface area contributed by atoms with Crippen molar-refractivity contribution in [3.63, 3.8) is 0 Å². The summed E-state index contributed by atoms with van der Waals surface area (Å²) in [4.78, 5) is 10.0. The van der Waals surface area contributed by atoms with Crippen LogP contribution in [0.3, 0.4) is 0 Å². The highest BCUT2D eigenvalue weighted by molar-refractivity contribution is 5.46. The maximum atomic E-state index is 12.9.